The monoisotopic (exact) mass is 318 g/mol. The van der Waals surface area contributed by atoms with Crippen molar-refractivity contribution in [2.75, 3.05) is 13.1 Å². The summed E-state index contributed by atoms with van der Waals surface area (Å²) in [4.78, 5) is 36.6. The molecule has 1 aliphatic heterocycles. The third-order valence-electron chi connectivity index (χ3n) is 4.08. The Morgan fingerprint density at radius 1 is 1.35 bits per heavy atom. The third kappa shape index (κ3) is 4.55. The summed E-state index contributed by atoms with van der Waals surface area (Å²) >= 11 is 0. The van der Waals surface area contributed by atoms with Gasteiger partial charge in [-0.15, -0.1) is 0 Å². The van der Waals surface area contributed by atoms with Crippen molar-refractivity contribution in [1.82, 2.24) is 10.2 Å². The van der Waals surface area contributed by atoms with Crippen molar-refractivity contribution < 1.29 is 19.5 Å². The third-order valence-corrected chi connectivity index (χ3v) is 4.08. The van der Waals surface area contributed by atoms with Crippen molar-refractivity contribution in [1.29, 1.82) is 0 Å². The van der Waals surface area contributed by atoms with E-state index in [2.05, 4.69) is 5.32 Å². The highest BCUT2D eigenvalue weighted by Crippen LogP contribution is 2.20. The quantitative estimate of drug-likeness (QED) is 0.824. The molecule has 0 aliphatic carbocycles. The Morgan fingerprint density at radius 2 is 2.00 bits per heavy atom. The molecule has 23 heavy (non-hydrogen) atoms. The minimum Gasteiger partial charge on any atom is -0.481 e. The zero-order valence-corrected chi connectivity index (χ0v) is 13.4. The first-order valence-electron chi connectivity index (χ1n) is 7.70. The Bertz CT molecular complexity index is 597. The molecule has 2 amide bonds. The highest BCUT2D eigenvalue weighted by atomic mass is 16.4. The number of amides is 2. The van der Waals surface area contributed by atoms with Crippen LogP contribution in [0.25, 0.3) is 0 Å². The highest BCUT2D eigenvalue weighted by Gasteiger charge is 2.34. The Labute approximate surface area is 135 Å². The van der Waals surface area contributed by atoms with Crippen molar-refractivity contribution in [3.8, 4) is 0 Å². The number of carboxylic acid groups (broad SMARTS) is 1. The minimum absolute atomic E-state index is 0.0444. The lowest BCUT2D eigenvalue weighted by Crippen LogP contribution is -2.36. The molecule has 6 heteroatoms. The first-order valence-corrected chi connectivity index (χ1v) is 7.70. The van der Waals surface area contributed by atoms with E-state index in [-0.39, 0.29) is 24.8 Å². The summed E-state index contributed by atoms with van der Waals surface area (Å²) in [6.07, 6.45) is 0.180. The number of hydrogen-bond acceptors (Lipinski definition) is 3. The Hall–Kier alpha value is -2.37. The molecule has 0 saturated carbocycles. The van der Waals surface area contributed by atoms with Gasteiger partial charge in [-0.2, -0.15) is 0 Å². The van der Waals surface area contributed by atoms with Crippen LogP contribution in [0.1, 0.15) is 24.5 Å². The van der Waals surface area contributed by atoms with Crippen LogP contribution >= 0.6 is 0 Å². The maximum Gasteiger partial charge on any atom is 0.308 e. The van der Waals surface area contributed by atoms with Gasteiger partial charge in [-0.05, 0) is 12.5 Å². The van der Waals surface area contributed by atoms with E-state index in [0.29, 0.717) is 13.1 Å². The molecule has 2 atom stereocenters. The van der Waals surface area contributed by atoms with Gasteiger partial charge < -0.3 is 15.3 Å². The highest BCUT2D eigenvalue weighted by molar-refractivity contribution is 5.89. The van der Waals surface area contributed by atoms with Gasteiger partial charge in [-0.25, -0.2) is 0 Å². The largest absolute Gasteiger partial charge is 0.481 e. The van der Waals surface area contributed by atoms with Gasteiger partial charge >= 0.3 is 5.97 Å². The average Bonchev–Trinajstić information content (AvgIpc) is 2.87. The zero-order valence-electron chi connectivity index (χ0n) is 13.4. The molecule has 2 unspecified atom stereocenters. The van der Waals surface area contributed by atoms with E-state index in [4.69, 9.17) is 5.11 Å². The van der Waals surface area contributed by atoms with Crippen molar-refractivity contribution in [3.05, 3.63) is 35.4 Å². The number of carboxylic acids is 1. The molecule has 6 nitrogen and oxygen atoms in total. The van der Waals surface area contributed by atoms with Gasteiger partial charge in [0.25, 0.3) is 0 Å². The lowest BCUT2D eigenvalue weighted by molar-refractivity contribution is -0.141. The van der Waals surface area contributed by atoms with Gasteiger partial charge in [0.15, 0.2) is 0 Å². The second kappa shape index (κ2) is 7.26. The van der Waals surface area contributed by atoms with Crippen molar-refractivity contribution in [3.63, 3.8) is 0 Å². The van der Waals surface area contributed by atoms with E-state index in [1.54, 1.807) is 4.90 Å². The summed E-state index contributed by atoms with van der Waals surface area (Å²) in [6, 6.07) is 7.94. The number of carbonyl (C=O) groups is 3. The fourth-order valence-corrected chi connectivity index (χ4v) is 2.50. The van der Waals surface area contributed by atoms with E-state index in [0.717, 1.165) is 11.1 Å². The van der Waals surface area contributed by atoms with Gasteiger partial charge in [0.05, 0.1) is 11.8 Å². The fourth-order valence-electron chi connectivity index (χ4n) is 2.50. The molecule has 1 aromatic carbocycles. The molecule has 0 radical (unpaired) electrons. The standard InChI is InChI=1S/C17H22N2O4/c1-11-3-5-13(6-4-11)9-19-10-14(7-15(19)20)16(21)18-8-12(2)17(22)23/h3-6,12,14H,7-10H2,1-2H3,(H,18,21)(H,22,23). The number of nitrogens with zero attached hydrogens (tertiary/aromatic N) is 1. The average molecular weight is 318 g/mol. The summed E-state index contributed by atoms with van der Waals surface area (Å²) in [7, 11) is 0. The van der Waals surface area contributed by atoms with Crippen LogP contribution in [0, 0.1) is 18.8 Å². The van der Waals surface area contributed by atoms with Gasteiger partial charge in [-0.3, -0.25) is 14.4 Å². The van der Waals surface area contributed by atoms with Gasteiger partial charge in [0.1, 0.15) is 0 Å². The Balaban J connectivity index is 1.87. The lowest BCUT2D eigenvalue weighted by Gasteiger charge is -2.17. The number of likely N-dealkylation sites (tertiary alicyclic amines) is 1. The SMILES string of the molecule is Cc1ccc(CN2CC(C(=O)NCC(C)C(=O)O)CC2=O)cc1. The smallest absolute Gasteiger partial charge is 0.308 e. The summed E-state index contributed by atoms with van der Waals surface area (Å²) in [5, 5.41) is 11.4. The van der Waals surface area contributed by atoms with Crippen LogP contribution in [-0.2, 0) is 20.9 Å². The molecule has 124 valence electrons. The van der Waals surface area contributed by atoms with E-state index >= 15 is 0 Å². The minimum atomic E-state index is -0.950. The molecular weight excluding hydrogens is 296 g/mol. The maximum atomic E-state index is 12.1. The molecule has 0 aromatic heterocycles. The van der Waals surface area contributed by atoms with Crippen LogP contribution in [0.15, 0.2) is 24.3 Å². The van der Waals surface area contributed by atoms with Crippen molar-refractivity contribution in [2.45, 2.75) is 26.8 Å². The van der Waals surface area contributed by atoms with E-state index < -0.39 is 17.8 Å². The van der Waals surface area contributed by atoms with Crippen LogP contribution in [0.2, 0.25) is 0 Å². The Morgan fingerprint density at radius 3 is 2.61 bits per heavy atom. The molecule has 0 spiro atoms. The lowest BCUT2D eigenvalue weighted by atomic mass is 10.1. The normalized spacial score (nSPS) is 18.8. The molecule has 2 N–H and O–H groups in total. The zero-order chi connectivity index (χ0) is 17.0. The summed E-state index contributed by atoms with van der Waals surface area (Å²) in [6.45, 7) is 4.49. The van der Waals surface area contributed by atoms with Gasteiger partial charge in [0, 0.05) is 26.1 Å². The van der Waals surface area contributed by atoms with E-state index in [9.17, 15) is 14.4 Å². The molecular formula is C17H22N2O4. The number of carbonyl (C=O) groups excluding carboxylic acids is 2. The van der Waals surface area contributed by atoms with Crippen LogP contribution in [0.3, 0.4) is 0 Å². The molecule has 0 bridgehead atoms. The Kier molecular flexibility index (Phi) is 5.36. The van der Waals surface area contributed by atoms with Crippen LogP contribution in [-0.4, -0.2) is 40.9 Å². The number of hydrogen-bond donors (Lipinski definition) is 2. The first kappa shape index (κ1) is 17.0. The second-order valence-electron chi connectivity index (χ2n) is 6.15. The number of nitrogens with one attached hydrogen (secondary N) is 1. The molecule has 1 heterocycles. The molecule has 1 aliphatic rings. The van der Waals surface area contributed by atoms with Crippen molar-refractivity contribution in [2.24, 2.45) is 11.8 Å². The number of aryl methyl sites for hydroxylation is 1. The molecule has 1 aromatic rings. The summed E-state index contributed by atoms with van der Waals surface area (Å²) < 4.78 is 0. The summed E-state index contributed by atoms with van der Waals surface area (Å²) in [5.74, 6) is -2.29. The molecule has 1 saturated heterocycles. The van der Waals surface area contributed by atoms with Crippen LogP contribution in [0.5, 0.6) is 0 Å². The van der Waals surface area contributed by atoms with Crippen molar-refractivity contribution >= 4 is 17.8 Å². The number of aliphatic carboxylic acids is 1. The van der Waals surface area contributed by atoms with Gasteiger partial charge in [0.2, 0.25) is 11.8 Å². The maximum absolute atomic E-state index is 12.1. The predicted octanol–water partition coefficient (Wildman–Crippen LogP) is 1.18. The van der Waals surface area contributed by atoms with Crippen LogP contribution in [0.4, 0.5) is 0 Å². The van der Waals surface area contributed by atoms with Gasteiger partial charge in [-0.1, -0.05) is 36.8 Å². The van der Waals surface area contributed by atoms with E-state index in [1.807, 2.05) is 31.2 Å². The van der Waals surface area contributed by atoms with E-state index in [1.165, 1.54) is 6.92 Å². The fraction of sp³-hybridized carbons (Fsp3) is 0.471. The predicted molar refractivity (Wildman–Crippen MR) is 84.5 cm³/mol. The second-order valence-corrected chi connectivity index (χ2v) is 6.15. The number of rotatable bonds is 6. The molecule has 2 rings (SSSR count). The van der Waals surface area contributed by atoms with Crippen LogP contribution < -0.4 is 5.32 Å². The topological polar surface area (TPSA) is 86.7 Å². The molecule has 1 fully saturated rings. The number of benzene rings is 1. The summed E-state index contributed by atoms with van der Waals surface area (Å²) in [5.41, 5.74) is 2.19. The first-order chi connectivity index (χ1) is 10.9.